The van der Waals surface area contributed by atoms with Crippen LogP contribution in [0.1, 0.15) is 50.9 Å². The molecule has 156 valence electrons. The quantitative estimate of drug-likeness (QED) is 0.609. The second-order valence-corrected chi connectivity index (χ2v) is 8.04. The molecule has 1 aromatic heterocycles. The fourth-order valence-electron chi connectivity index (χ4n) is 3.21. The Morgan fingerprint density at radius 3 is 2.59 bits per heavy atom. The van der Waals surface area contributed by atoms with Gasteiger partial charge < -0.3 is 20.3 Å². The Morgan fingerprint density at radius 2 is 1.86 bits per heavy atom. The minimum Gasteiger partial charge on any atom is -0.377 e. The highest BCUT2D eigenvalue weighted by atomic mass is 32.1. The highest BCUT2D eigenvalue weighted by Crippen LogP contribution is 2.15. The van der Waals surface area contributed by atoms with Crippen LogP contribution in [-0.2, 0) is 11.3 Å². The van der Waals surface area contributed by atoms with Gasteiger partial charge in [0.2, 0.25) is 5.01 Å². The number of amides is 2. The third-order valence-corrected chi connectivity index (χ3v) is 5.61. The number of ether oxygens (including phenoxy) is 1. The first-order chi connectivity index (χ1) is 14.2. The molecule has 2 aromatic rings. The molecule has 0 aliphatic carbocycles. The van der Waals surface area contributed by atoms with E-state index in [1.807, 2.05) is 0 Å². The Labute approximate surface area is 174 Å². The molecule has 8 nitrogen and oxygen atoms in total. The molecular formula is C20H27N5O3S. The van der Waals surface area contributed by atoms with E-state index >= 15 is 0 Å². The van der Waals surface area contributed by atoms with Crippen molar-refractivity contribution in [2.24, 2.45) is 0 Å². The Morgan fingerprint density at radius 1 is 1.10 bits per heavy atom. The van der Waals surface area contributed by atoms with E-state index < -0.39 is 0 Å². The van der Waals surface area contributed by atoms with Gasteiger partial charge in [0.15, 0.2) is 0 Å². The average Bonchev–Trinajstić information content (AvgIpc) is 3.21. The summed E-state index contributed by atoms with van der Waals surface area (Å²) in [5.41, 5.74) is 1.17. The van der Waals surface area contributed by atoms with Crippen molar-refractivity contribution in [3.05, 3.63) is 39.8 Å². The Kier molecular flexibility index (Phi) is 8.09. The Balaban J connectivity index is 1.42. The molecule has 2 amide bonds. The maximum absolute atomic E-state index is 12.3. The van der Waals surface area contributed by atoms with Gasteiger partial charge in [-0.15, -0.1) is 10.2 Å². The van der Waals surface area contributed by atoms with E-state index in [-0.39, 0.29) is 16.8 Å². The minimum absolute atomic E-state index is 0.102. The van der Waals surface area contributed by atoms with E-state index in [0.717, 1.165) is 13.0 Å². The van der Waals surface area contributed by atoms with Crippen LogP contribution in [0.3, 0.4) is 0 Å². The number of hydrogen-bond donors (Lipinski definition) is 2. The van der Waals surface area contributed by atoms with Crippen LogP contribution in [0, 0.1) is 0 Å². The highest BCUT2D eigenvalue weighted by Gasteiger charge is 2.14. The third-order valence-electron chi connectivity index (χ3n) is 4.72. The lowest BCUT2D eigenvalue weighted by molar-refractivity contribution is 0.0950. The van der Waals surface area contributed by atoms with Crippen molar-refractivity contribution in [1.82, 2.24) is 20.4 Å². The Bertz CT molecular complexity index is 803. The number of aromatic nitrogens is 2. The van der Waals surface area contributed by atoms with Crippen LogP contribution in [0.25, 0.3) is 0 Å². The first kappa shape index (κ1) is 21.4. The fraction of sp³-hybridized carbons (Fsp3) is 0.500. The highest BCUT2D eigenvalue weighted by molar-refractivity contribution is 7.13. The van der Waals surface area contributed by atoms with E-state index in [0.29, 0.717) is 29.4 Å². The molecule has 2 heterocycles. The number of benzene rings is 1. The molecule has 0 atom stereocenters. The first-order valence-electron chi connectivity index (χ1n) is 9.89. The van der Waals surface area contributed by atoms with Gasteiger partial charge in [0.05, 0.1) is 6.61 Å². The van der Waals surface area contributed by atoms with Gasteiger partial charge in [-0.2, -0.15) is 0 Å². The van der Waals surface area contributed by atoms with E-state index in [9.17, 15) is 9.59 Å². The zero-order valence-electron chi connectivity index (χ0n) is 16.6. The van der Waals surface area contributed by atoms with Gasteiger partial charge in [-0.1, -0.05) is 17.8 Å². The largest absolute Gasteiger partial charge is 0.377 e. The molecule has 0 unspecified atom stereocenters. The summed E-state index contributed by atoms with van der Waals surface area (Å²) in [5, 5.41) is 14.4. The number of likely N-dealkylation sites (tertiary alicyclic amines) is 1. The number of hydrogen-bond acceptors (Lipinski definition) is 7. The summed E-state index contributed by atoms with van der Waals surface area (Å²) in [5.74, 6) is -0.436. The van der Waals surface area contributed by atoms with Crippen molar-refractivity contribution in [3.8, 4) is 0 Å². The normalized spacial score (nSPS) is 14.5. The number of methoxy groups -OCH3 is 1. The fourth-order valence-corrected chi connectivity index (χ4v) is 3.91. The van der Waals surface area contributed by atoms with Gasteiger partial charge in [-0.3, -0.25) is 9.59 Å². The lowest BCUT2D eigenvalue weighted by Crippen LogP contribution is -2.33. The molecule has 2 N–H and O–H groups in total. The van der Waals surface area contributed by atoms with Crippen molar-refractivity contribution in [2.45, 2.75) is 32.3 Å². The molecule has 0 bridgehead atoms. The third kappa shape index (κ3) is 6.59. The van der Waals surface area contributed by atoms with Crippen LogP contribution < -0.4 is 10.6 Å². The second-order valence-electron chi connectivity index (χ2n) is 6.98. The van der Waals surface area contributed by atoms with Crippen molar-refractivity contribution in [3.63, 3.8) is 0 Å². The van der Waals surface area contributed by atoms with Crippen molar-refractivity contribution < 1.29 is 14.3 Å². The number of carbonyl (C=O) groups is 2. The van der Waals surface area contributed by atoms with E-state index in [1.165, 1.54) is 43.7 Å². The van der Waals surface area contributed by atoms with Crippen LogP contribution in [0.4, 0.5) is 5.69 Å². The maximum Gasteiger partial charge on any atom is 0.286 e. The standard InChI is InChI=1S/C20H27N5O3S/c1-28-14-17-23-24-20(29-17)19(27)22-16-8-6-15(7-9-16)18(26)21-10-5-13-25-11-3-2-4-12-25/h6-9H,2-5,10-14H2,1H3,(H,21,26)(H,22,27). The predicted molar refractivity (Wildman–Crippen MR) is 112 cm³/mol. The Hall–Kier alpha value is -2.36. The second kappa shape index (κ2) is 11.0. The molecule has 0 radical (unpaired) electrons. The van der Waals surface area contributed by atoms with Gasteiger partial charge in [-0.05, 0) is 63.2 Å². The van der Waals surface area contributed by atoms with Gasteiger partial charge >= 0.3 is 0 Å². The number of carbonyl (C=O) groups excluding carboxylic acids is 2. The smallest absolute Gasteiger partial charge is 0.286 e. The van der Waals surface area contributed by atoms with E-state index in [2.05, 4.69) is 25.7 Å². The number of rotatable bonds is 9. The monoisotopic (exact) mass is 417 g/mol. The molecule has 1 saturated heterocycles. The van der Waals surface area contributed by atoms with Crippen LogP contribution in [-0.4, -0.2) is 60.2 Å². The summed E-state index contributed by atoms with van der Waals surface area (Å²) in [6.07, 6.45) is 4.84. The molecule has 1 aliphatic rings. The van der Waals surface area contributed by atoms with E-state index in [1.54, 1.807) is 31.4 Å². The molecular weight excluding hydrogens is 390 g/mol. The lowest BCUT2D eigenvalue weighted by atomic mass is 10.1. The molecule has 1 fully saturated rings. The zero-order valence-corrected chi connectivity index (χ0v) is 17.5. The number of nitrogens with one attached hydrogen (secondary N) is 2. The molecule has 0 spiro atoms. The molecule has 1 aliphatic heterocycles. The maximum atomic E-state index is 12.3. The van der Waals surface area contributed by atoms with Crippen molar-refractivity contribution in [2.75, 3.05) is 38.6 Å². The first-order valence-corrected chi connectivity index (χ1v) is 10.7. The van der Waals surface area contributed by atoms with E-state index in [4.69, 9.17) is 4.74 Å². The zero-order chi connectivity index (χ0) is 20.5. The number of piperidine rings is 1. The summed E-state index contributed by atoms with van der Waals surface area (Å²) in [6.45, 7) is 4.36. The summed E-state index contributed by atoms with van der Waals surface area (Å²) < 4.78 is 4.98. The summed E-state index contributed by atoms with van der Waals surface area (Å²) in [6, 6.07) is 6.81. The van der Waals surface area contributed by atoms with Gasteiger partial charge in [0.1, 0.15) is 5.01 Å². The molecule has 29 heavy (non-hydrogen) atoms. The van der Waals surface area contributed by atoms with Gasteiger partial charge in [0.25, 0.3) is 11.8 Å². The molecule has 1 aromatic carbocycles. The topological polar surface area (TPSA) is 96.5 Å². The SMILES string of the molecule is COCc1nnc(C(=O)Nc2ccc(C(=O)NCCCN3CCCCC3)cc2)s1. The molecule has 3 rings (SSSR count). The van der Waals surface area contributed by atoms with Gasteiger partial charge in [-0.25, -0.2) is 0 Å². The van der Waals surface area contributed by atoms with Crippen LogP contribution in [0.2, 0.25) is 0 Å². The van der Waals surface area contributed by atoms with Crippen LogP contribution >= 0.6 is 11.3 Å². The summed E-state index contributed by atoms with van der Waals surface area (Å²) >= 11 is 1.19. The summed E-state index contributed by atoms with van der Waals surface area (Å²) in [4.78, 5) is 27.0. The van der Waals surface area contributed by atoms with Crippen LogP contribution in [0.5, 0.6) is 0 Å². The van der Waals surface area contributed by atoms with Crippen molar-refractivity contribution >= 4 is 28.8 Å². The van der Waals surface area contributed by atoms with Crippen molar-refractivity contribution in [1.29, 1.82) is 0 Å². The lowest BCUT2D eigenvalue weighted by Gasteiger charge is -2.26. The molecule has 9 heteroatoms. The number of nitrogens with zero attached hydrogens (tertiary/aromatic N) is 3. The van der Waals surface area contributed by atoms with Gasteiger partial charge in [0, 0.05) is 24.9 Å². The summed E-state index contributed by atoms with van der Waals surface area (Å²) in [7, 11) is 1.56. The minimum atomic E-state index is -0.334. The number of anilines is 1. The predicted octanol–water partition coefficient (Wildman–Crippen LogP) is 2.54. The van der Waals surface area contributed by atoms with Crippen LogP contribution in [0.15, 0.2) is 24.3 Å². The average molecular weight is 418 g/mol. The molecule has 0 saturated carbocycles.